The number of rotatable bonds is 6. The third-order valence-corrected chi connectivity index (χ3v) is 5.28. The van der Waals surface area contributed by atoms with Crippen molar-refractivity contribution in [2.45, 2.75) is 19.9 Å². The van der Waals surface area contributed by atoms with Crippen molar-refractivity contribution >= 4 is 34.9 Å². The molecule has 1 atom stereocenters. The molecule has 172 valence electrons. The maximum absolute atomic E-state index is 13.0. The molecular weight excluding hydrogens is 448 g/mol. The second kappa shape index (κ2) is 8.20. The maximum atomic E-state index is 13.0. The molecule has 0 saturated heterocycles. The van der Waals surface area contributed by atoms with Crippen LogP contribution in [-0.4, -0.2) is 48.3 Å². The lowest BCUT2D eigenvalue weighted by atomic mass is 10.1. The monoisotopic (exact) mass is 464 g/mol. The van der Waals surface area contributed by atoms with Crippen molar-refractivity contribution < 1.29 is 24.2 Å². The number of hydrogen-bond acceptors (Lipinski definition) is 8. The average molecular weight is 464 g/mol. The summed E-state index contributed by atoms with van der Waals surface area (Å²) in [6.07, 6.45) is 0. The lowest BCUT2D eigenvalue weighted by molar-refractivity contribution is -0.385. The van der Waals surface area contributed by atoms with Crippen LogP contribution in [0.3, 0.4) is 0 Å². The fourth-order valence-electron chi connectivity index (χ4n) is 3.64. The van der Waals surface area contributed by atoms with Gasteiger partial charge in [0, 0.05) is 24.3 Å². The summed E-state index contributed by atoms with van der Waals surface area (Å²) in [7, 11) is 0. The summed E-state index contributed by atoms with van der Waals surface area (Å²) in [5, 5.41) is 29.0. The molecule has 1 aliphatic rings. The van der Waals surface area contributed by atoms with Crippen LogP contribution in [0.25, 0.3) is 5.69 Å². The Labute approximate surface area is 190 Å². The van der Waals surface area contributed by atoms with Crippen LogP contribution in [0.15, 0.2) is 48.5 Å². The highest BCUT2D eigenvalue weighted by atomic mass is 16.6. The van der Waals surface area contributed by atoms with Crippen molar-refractivity contribution in [3.8, 4) is 5.69 Å². The molecule has 2 heterocycles. The number of hydrogen-bond donors (Lipinski definition) is 1. The van der Waals surface area contributed by atoms with Crippen LogP contribution in [-0.2, 0) is 4.79 Å². The number of nitro benzene ring substituents is 2. The Balaban J connectivity index is 1.60. The largest absolute Gasteiger partial charge is 0.309 e. The molecule has 3 amide bonds. The fourth-order valence-corrected chi connectivity index (χ4v) is 3.64. The second-order valence-electron chi connectivity index (χ2n) is 7.46. The number of anilines is 1. The third kappa shape index (κ3) is 3.64. The number of nitrogens with zero attached hydrogens (tertiary/aromatic N) is 5. The van der Waals surface area contributed by atoms with E-state index < -0.39 is 39.3 Å². The van der Waals surface area contributed by atoms with Crippen LogP contribution in [0, 0.1) is 27.2 Å². The van der Waals surface area contributed by atoms with E-state index >= 15 is 0 Å². The molecule has 4 rings (SSSR count). The highest BCUT2D eigenvalue weighted by molar-refractivity contribution is 6.24. The summed E-state index contributed by atoms with van der Waals surface area (Å²) >= 11 is 0. The topological polar surface area (TPSA) is 171 Å². The van der Waals surface area contributed by atoms with E-state index in [4.69, 9.17) is 0 Å². The minimum atomic E-state index is -1.30. The van der Waals surface area contributed by atoms with Gasteiger partial charge in [-0.2, -0.15) is 5.10 Å². The lowest BCUT2D eigenvalue weighted by Crippen LogP contribution is -2.45. The Bertz CT molecular complexity index is 1380. The Morgan fingerprint density at radius 2 is 1.71 bits per heavy atom. The molecule has 0 bridgehead atoms. The summed E-state index contributed by atoms with van der Waals surface area (Å²) < 4.78 is 1.34. The van der Waals surface area contributed by atoms with Crippen molar-refractivity contribution in [1.29, 1.82) is 0 Å². The van der Waals surface area contributed by atoms with Crippen molar-refractivity contribution in [3.05, 3.63) is 85.6 Å². The molecule has 0 aliphatic carbocycles. The van der Waals surface area contributed by atoms with Gasteiger partial charge < -0.3 is 5.32 Å². The van der Waals surface area contributed by atoms with E-state index in [1.54, 1.807) is 13.0 Å². The average Bonchev–Trinajstić information content (AvgIpc) is 3.29. The summed E-state index contributed by atoms with van der Waals surface area (Å²) in [5.41, 5.74) is -0.186. The number of amides is 3. The van der Waals surface area contributed by atoms with Gasteiger partial charge in [0.25, 0.3) is 23.2 Å². The molecule has 0 fully saturated rings. The Hall–Kier alpha value is -4.94. The molecule has 13 nitrogen and oxygen atoms in total. The first-order valence-corrected chi connectivity index (χ1v) is 9.87. The molecule has 1 aliphatic heterocycles. The van der Waals surface area contributed by atoms with E-state index in [1.807, 2.05) is 0 Å². The van der Waals surface area contributed by atoms with E-state index in [0.29, 0.717) is 16.3 Å². The van der Waals surface area contributed by atoms with Gasteiger partial charge in [0.2, 0.25) is 5.91 Å². The molecule has 0 radical (unpaired) electrons. The van der Waals surface area contributed by atoms with Gasteiger partial charge in [0.05, 0.1) is 26.8 Å². The molecular formula is C21H16N6O7. The summed E-state index contributed by atoms with van der Waals surface area (Å²) in [6, 6.07) is 9.41. The standard InChI is InChI=1S/C21H16N6O7/c1-11-10-17(25(23-11)13-6-8-14(9-7-13)26(31)32)22-19(28)12(2)24-20(29)15-4-3-5-16(27(33)34)18(15)21(24)30/h3-10,12H,1-2H3,(H,22,28). The number of benzene rings is 2. The quantitative estimate of drug-likeness (QED) is 0.329. The van der Waals surface area contributed by atoms with Crippen molar-refractivity contribution in [3.63, 3.8) is 0 Å². The number of nitrogens with one attached hydrogen (secondary N) is 1. The summed E-state index contributed by atoms with van der Waals surface area (Å²) in [4.78, 5) is 60.2. The lowest BCUT2D eigenvalue weighted by Gasteiger charge is -2.21. The number of fused-ring (bicyclic) bond motifs is 1. The van der Waals surface area contributed by atoms with Crippen LogP contribution >= 0.6 is 0 Å². The molecule has 13 heteroatoms. The Morgan fingerprint density at radius 3 is 2.32 bits per heavy atom. The zero-order valence-electron chi connectivity index (χ0n) is 17.8. The third-order valence-electron chi connectivity index (χ3n) is 5.28. The Kier molecular flexibility index (Phi) is 5.37. The molecule has 0 saturated carbocycles. The number of imide groups is 1. The SMILES string of the molecule is Cc1cc(NC(=O)C(C)N2C(=O)c3cccc([N+](=O)[O-])c3C2=O)n(-c2ccc([N+](=O)[O-])cc2)n1. The fraction of sp³-hybridized carbons (Fsp3) is 0.143. The predicted molar refractivity (Wildman–Crippen MR) is 117 cm³/mol. The number of aromatic nitrogens is 2. The Morgan fingerprint density at radius 1 is 1.03 bits per heavy atom. The van der Waals surface area contributed by atoms with Crippen LogP contribution in [0.1, 0.15) is 33.3 Å². The maximum Gasteiger partial charge on any atom is 0.282 e. The number of nitro groups is 2. The van der Waals surface area contributed by atoms with Gasteiger partial charge in [-0.05, 0) is 32.0 Å². The van der Waals surface area contributed by atoms with Crippen LogP contribution in [0.5, 0.6) is 0 Å². The van der Waals surface area contributed by atoms with Gasteiger partial charge in [-0.1, -0.05) is 6.07 Å². The van der Waals surface area contributed by atoms with Crippen molar-refractivity contribution in [2.24, 2.45) is 0 Å². The van der Waals surface area contributed by atoms with Gasteiger partial charge in [0.15, 0.2) is 0 Å². The van der Waals surface area contributed by atoms with Gasteiger partial charge in [0.1, 0.15) is 17.4 Å². The van der Waals surface area contributed by atoms with E-state index in [2.05, 4.69) is 10.4 Å². The molecule has 1 aromatic heterocycles. The summed E-state index contributed by atoms with van der Waals surface area (Å²) in [6.45, 7) is 2.99. The number of aryl methyl sites for hydroxylation is 1. The summed E-state index contributed by atoms with van der Waals surface area (Å²) in [5.74, 6) is -2.28. The molecule has 2 aromatic carbocycles. The molecule has 1 N–H and O–H groups in total. The normalized spacial score (nSPS) is 13.5. The highest BCUT2D eigenvalue weighted by Crippen LogP contribution is 2.32. The van der Waals surface area contributed by atoms with Crippen LogP contribution < -0.4 is 5.32 Å². The number of carbonyl (C=O) groups is 3. The zero-order valence-corrected chi connectivity index (χ0v) is 17.8. The van der Waals surface area contributed by atoms with E-state index in [0.717, 1.165) is 6.07 Å². The first-order valence-electron chi connectivity index (χ1n) is 9.87. The van der Waals surface area contributed by atoms with Crippen molar-refractivity contribution in [2.75, 3.05) is 5.32 Å². The number of carbonyl (C=O) groups excluding carboxylic acids is 3. The van der Waals surface area contributed by atoms with Crippen molar-refractivity contribution in [1.82, 2.24) is 14.7 Å². The molecule has 0 spiro atoms. The van der Waals surface area contributed by atoms with Gasteiger partial charge >= 0.3 is 0 Å². The van der Waals surface area contributed by atoms with Gasteiger partial charge in [-0.15, -0.1) is 0 Å². The van der Waals surface area contributed by atoms with Crippen LogP contribution in [0.4, 0.5) is 17.2 Å². The van der Waals surface area contributed by atoms with Crippen LogP contribution in [0.2, 0.25) is 0 Å². The minimum absolute atomic E-state index is 0.119. The van der Waals surface area contributed by atoms with Gasteiger partial charge in [-0.3, -0.25) is 39.5 Å². The zero-order chi connectivity index (χ0) is 24.7. The van der Waals surface area contributed by atoms with E-state index in [1.165, 1.54) is 48.0 Å². The molecule has 1 unspecified atom stereocenters. The van der Waals surface area contributed by atoms with E-state index in [-0.39, 0.29) is 22.6 Å². The minimum Gasteiger partial charge on any atom is -0.309 e. The smallest absolute Gasteiger partial charge is 0.282 e. The predicted octanol–water partition coefficient (Wildman–Crippen LogP) is 2.62. The number of non-ortho nitro benzene ring substituents is 1. The van der Waals surface area contributed by atoms with E-state index in [9.17, 15) is 34.6 Å². The first kappa shape index (κ1) is 22.3. The first-order chi connectivity index (χ1) is 16.1. The molecule has 34 heavy (non-hydrogen) atoms. The molecule has 3 aromatic rings. The van der Waals surface area contributed by atoms with Gasteiger partial charge in [-0.25, -0.2) is 4.68 Å². The second-order valence-corrected chi connectivity index (χ2v) is 7.46. The highest BCUT2D eigenvalue weighted by Gasteiger charge is 2.45.